The quantitative estimate of drug-likeness (QED) is 0.852. The van der Waals surface area contributed by atoms with Crippen molar-refractivity contribution in [1.29, 1.82) is 0 Å². The number of fused-ring (bicyclic) bond motifs is 1. The van der Waals surface area contributed by atoms with E-state index < -0.39 is 0 Å². The molecule has 0 spiro atoms. The van der Waals surface area contributed by atoms with Crippen LogP contribution in [0.3, 0.4) is 0 Å². The van der Waals surface area contributed by atoms with Crippen molar-refractivity contribution in [2.75, 3.05) is 5.75 Å². The van der Waals surface area contributed by atoms with Crippen molar-refractivity contribution in [2.24, 2.45) is 10.7 Å². The first-order valence-electron chi connectivity index (χ1n) is 5.96. The Morgan fingerprint density at radius 3 is 3.00 bits per heavy atom. The first-order valence-corrected chi connectivity index (χ1v) is 8.23. The summed E-state index contributed by atoms with van der Waals surface area (Å²) in [5.74, 6) is 0.924. The van der Waals surface area contributed by atoms with Gasteiger partial charge in [0.25, 0.3) is 0 Å². The number of aliphatic imine (C=N–C) groups is 1. The maximum atomic E-state index is 5.52. The molecule has 0 saturated carbocycles. The van der Waals surface area contributed by atoms with E-state index in [9.17, 15) is 0 Å². The van der Waals surface area contributed by atoms with Crippen LogP contribution in [0.1, 0.15) is 19.8 Å². The first-order chi connectivity index (χ1) is 8.70. The lowest BCUT2D eigenvalue weighted by atomic mass is 10.3. The lowest BCUT2D eigenvalue weighted by molar-refractivity contribution is 1.01. The maximum absolute atomic E-state index is 5.52. The molecule has 18 heavy (non-hydrogen) atoms. The van der Waals surface area contributed by atoms with Gasteiger partial charge in [0.05, 0.1) is 21.0 Å². The summed E-state index contributed by atoms with van der Waals surface area (Å²) < 4.78 is 0. The van der Waals surface area contributed by atoms with E-state index >= 15 is 0 Å². The second-order valence-electron chi connectivity index (χ2n) is 4.00. The molecule has 1 aliphatic heterocycles. The highest BCUT2D eigenvalue weighted by atomic mass is 32.2. The van der Waals surface area contributed by atoms with E-state index in [1.807, 2.05) is 17.8 Å². The van der Waals surface area contributed by atoms with E-state index in [0.717, 1.165) is 24.3 Å². The zero-order chi connectivity index (χ0) is 13.0. The molecule has 2 N–H and O–H groups in total. The minimum absolute atomic E-state index is 0.469. The van der Waals surface area contributed by atoms with Crippen LogP contribution in [0.4, 0.5) is 5.69 Å². The number of nitrogens with two attached hydrogens (primary N) is 1. The van der Waals surface area contributed by atoms with E-state index in [1.165, 1.54) is 9.94 Å². The average molecular weight is 296 g/mol. The molecule has 2 nitrogen and oxygen atoms in total. The van der Waals surface area contributed by atoms with Gasteiger partial charge in [0.1, 0.15) is 0 Å². The van der Waals surface area contributed by atoms with Crippen molar-refractivity contribution >= 4 is 51.5 Å². The molecule has 0 fully saturated rings. The molecule has 0 radical (unpaired) electrons. The number of thiocarbonyl (C=S) groups is 1. The average Bonchev–Trinajstić information content (AvgIpc) is 2.37. The van der Waals surface area contributed by atoms with Crippen molar-refractivity contribution in [2.45, 2.75) is 29.9 Å². The highest BCUT2D eigenvalue weighted by molar-refractivity contribution is 8.16. The highest BCUT2D eigenvalue weighted by Crippen LogP contribution is 2.41. The van der Waals surface area contributed by atoms with E-state index in [4.69, 9.17) is 22.9 Å². The molecule has 0 aliphatic carbocycles. The van der Waals surface area contributed by atoms with Crippen LogP contribution in [-0.4, -0.2) is 21.0 Å². The van der Waals surface area contributed by atoms with Crippen LogP contribution >= 0.6 is 35.7 Å². The van der Waals surface area contributed by atoms with Gasteiger partial charge in [-0.25, -0.2) is 4.99 Å². The van der Waals surface area contributed by atoms with Gasteiger partial charge in [0.2, 0.25) is 0 Å². The molecule has 1 aromatic carbocycles. The summed E-state index contributed by atoms with van der Waals surface area (Å²) in [6.07, 6.45) is 1.87. The van der Waals surface area contributed by atoms with Crippen molar-refractivity contribution in [3.63, 3.8) is 0 Å². The fourth-order valence-corrected chi connectivity index (χ4v) is 4.33. The van der Waals surface area contributed by atoms with E-state index in [1.54, 1.807) is 11.8 Å². The fraction of sp³-hybridized carbons (Fsp3) is 0.385. The summed E-state index contributed by atoms with van der Waals surface area (Å²) in [7, 11) is 0. The van der Waals surface area contributed by atoms with Crippen LogP contribution in [0.15, 0.2) is 34.2 Å². The van der Waals surface area contributed by atoms with Gasteiger partial charge in [-0.2, -0.15) is 0 Å². The Morgan fingerprint density at radius 2 is 2.28 bits per heavy atom. The number of nitrogens with zero attached hydrogens (tertiary/aromatic N) is 1. The molecule has 96 valence electrons. The minimum Gasteiger partial charge on any atom is -0.393 e. The van der Waals surface area contributed by atoms with Crippen molar-refractivity contribution in [3.05, 3.63) is 24.3 Å². The van der Waals surface area contributed by atoms with Crippen LogP contribution in [-0.2, 0) is 0 Å². The number of benzene rings is 1. The fourth-order valence-electron chi connectivity index (χ4n) is 1.68. The zero-order valence-electron chi connectivity index (χ0n) is 10.3. The van der Waals surface area contributed by atoms with Gasteiger partial charge in [-0.15, -0.1) is 23.5 Å². The van der Waals surface area contributed by atoms with Crippen molar-refractivity contribution in [1.82, 2.24) is 0 Å². The van der Waals surface area contributed by atoms with E-state index in [2.05, 4.69) is 25.1 Å². The van der Waals surface area contributed by atoms with Crippen LogP contribution in [0, 0.1) is 0 Å². The predicted molar refractivity (Wildman–Crippen MR) is 87.3 cm³/mol. The number of thioether (sulfide) groups is 2. The Morgan fingerprint density at radius 1 is 1.50 bits per heavy atom. The minimum atomic E-state index is 0.469. The standard InChI is InChI=1S/C13H16N2S3/c1-2-10-13(17-8-7-12(14)16)15-9-5-3-4-6-11(9)18-10/h3-6,10H,2,7-8H2,1H3,(H2,14,16). The number of hydrogen-bond donors (Lipinski definition) is 1. The molecule has 1 aliphatic rings. The number of rotatable bonds is 4. The molecule has 0 aromatic heterocycles. The highest BCUT2D eigenvalue weighted by Gasteiger charge is 2.22. The zero-order valence-corrected chi connectivity index (χ0v) is 12.7. The van der Waals surface area contributed by atoms with Crippen LogP contribution in [0.2, 0.25) is 0 Å². The predicted octanol–water partition coefficient (Wildman–Crippen LogP) is 4.01. The van der Waals surface area contributed by atoms with Gasteiger partial charge >= 0.3 is 0 Å². The van der Waals surface area contributed by atoms with Crippen molar-refractivity contribution in [3.8, 4) is 0 Å². The smallest absolute Gasteiger partial charge is 0.0873 e. The largest absolute Gasteiger partial charge is 0.393 e. The lowest BCUT2D eigenvalue weighted by Gasteiger charge is -2.22. The Bertz CT molecular complexity index is 471. The Hall–Kier alpha value is -0.520. The van der Waals surface area contributed by atoms with Crippen LogP contribution in [0.5, 0.6) is 0 Å². The third-order valence-corrected chi connectivity index (χ3v) is 5.48. The van der Waals surface area contributed by atoms with Gasteiger partial charge in [-0.1, -0.05) is 31.3 Å². The summed E-state index contributed by atoms with van der Waals surface area (Å²) in [5.41, 5.74) is 6.61. The molecule has 0 saturated heterocycles. The van der Waals surface area contributed by atoms with Crippen LogP contribution < -0.4 is 5.73 Å². The molecule has 1 atom stereocenters. The molecular formula is C13H16N2S3. The number of para-hydroxylation sites is 1. The van der Waals surface area contributed by atoms with Gasteiger partial charge in [0, 0.05) is 17.1 Å². The Kier molecular flexibility index (Phi) is 5.09. The van der Waals surface area contributed by atoms with E-state index in [-0.39, 0.29) is 0 Å². The normalized spacial score (nSPS) is 18.1. The molecule has 2 rings (SSSR count). The summed E-state index contributed by atoms with van der Waals surface area (Å²) >= 11 is 8.59. The van der Waals surface area contributed by atoms with Crippen LogP contribution in [0.25, 0.3) is 0 Å². The molecule has 1 heterocycles. The van der Waals surface area contributed by atoms with Gasteiger partial charge in [0.15, 0.2) is 0 Å². The van der Waals surface area contributed by atoms with Gasteiger partial charge in [-0.05, 0) is 18.6 Å². The summed E-state index contributed by atoms with van der Waals surface area (Å²) in [5, 5.41) is 1.67. The maximum Gasteiger partial charge on any atom is 0.0873 e. The molecule has 1 unspecified atom stereocenters. The topological polar surface area (TPSA) is 38.4 Å². The van der Waals surface area contributed by atoms with E-state index in [0.29, 0.717) is 10.2 Å². The Labute approximate surface area is 122 Å². The van der Waals surface area contributed by atoms with Gasteiger partial charge in [-0.3, -0.25) is 0 Å². The molecular weight excluding hydrogens is 280 g/mol. The third-order valence-electron chi connectivity index (χ3n) is 2.61. The summed E-state index contributed by atoms with van der Waals surface area (Å²) in [6, 6.07) is 8.32. The van der Waals surface area contributed by atoms with Gasteiger partial charge < -0.3 is 5.73 Å². The molecule has 5 heteroatoms. The molecule has 1 aromatic rings. The number of hydrogen-bond acceptors (Lipinski definition) is 4. The summed E-state index contributed by atoms with van der Waals surface area (Å²) in [4.78, 5) is 6.63. The molecule has 0 amide bonds. The van der Waals surface area contributed by atoms with Crippen molar-refractivity contribution < 1.29 is 0 Å². The monoisotopic (exact) mass is 296 g/mol. The third kappa shape index (κ3) is 3.49. The molecule has 0 bridgehead atoms. The SMILES string of the molecule is CCC1Sc2ccccc2N=C1SCCC(N)=S. The summed E-state index contributed by atoms with van der Waals surface area (Å²) in [6.45, 7) is 2.20. The Balaban J connectivity index is 2.11. The second kappa shape index (κ2) is 6.59. The first kappa shape index (κ1) is 13.9. The second-order valence-corrected chi connectivity index (χ2v) is 6.88. The lowest BCUT2D eigenvalue weighted by Crippen LogP contribution is -2.17.